The van der Waals surface area contributed by atoms with Crippen LogP contribution in [-0.2, 0) is 4.79 Å². The van der Waals surface area contributed by atoms with Gasteiger partial charge in [0.05, 0.1) is 6.26 Å². The molecule has 2 nitrogen and oxygen atoms in total. The monoisotopic (exact) mass is 182 g/mol. The molecule has 0 heterocycles. The van der Waals surface area contributed by atoms with Crippen molar-refractivity contribution in [3.63, 3.8) is 0 Å². The minimum Gasteiger partial charge on any atom is -0.515 e. The van der Waals surface area contributed by atoms with Gasteiger partial charge in [-0.05, 0) is 24.7 Å². The third-order valence-electron chi connectivity index (χ3n) is 3.01. The van der Waals surface area contributed by atoms with Gasteiger partial charge in [0.2, 0.25) is 0 Å². The molecule has 0 spiro atoms. The fourth-order valence-corrected chi connectivity index (χ4v) is 2.00. The van der Waals surface area contributed by atoms with Crippen LogP contribution >= 0.6 is 0 Å². The van der Waals surface area contributed by atoms with Crippen LogP contribution in [0.1, 0.15) is 33.6 Å². The van der Waals surface area contributed by atoms with Crippen LogP contribution in [0.4, 0.5) is 0 Å². The van der Waals surface area contributed by atoms with E-state index in [1.807, 2.05) is 6.92 Å². The highest BCUT2D eigenvalue weighted by Crippen LogP contribution is 2.33. The lowest BCUT2D eigenvalue weighted by atomic mass is 9.74. The van der Waals surface area contributed by atoms with Crippen molar-refractivity contribution < 1.29 is 9.90 Å². The van der Waals surface area contributed by atoms with Gasteiger partial charge < -0.3 is 5.11 Å². The summed E-state index contributed by atoms with van der Waals surface area (Å²) in [7, 11) is 0. The molecule has 1 fully saturated rings. The van der Waals surface area contributed by atoms with E-state index in [0.29, 0.717) is 11.5 Å². The zero-order valence-corrected chi connectivity index (χ0v) is 8.58. The molecule has 0 aromatic heterocycles. The van der Waals surface area contributed by atoms with Crippen LogP contribution in [0, 0.1) is 17.8 Å². The van der Waals surface area contributed by atoms with Crippen molar-refractivity contribution in [2.24, 2.45) is 17.8 Å². The molecule has 74 valence electrons. The van der Waals surface area contributed by atoms with Gasteiger partial charge in [-0.2, -0.15) is 0 Å². The van der Waals surface area contributed by atoms with Gasteiger partial charge >= 0.3 is 0 Å². The summed E-state index contributed by atoms with van der Waals surface area (Å²) in [6, 6.07) is 0. The number of rotatable bonds is 1. The molecular weight excluding hydrogens is 164 g/mol. The summed E-state index contributed by atoms with van der Waals surface area (Å²) in [5.74, 6) is 0.883. The fraction of sp³-hybridized carbons (Fsp3) is 0.727. The number of allylic oxidation sites excluding steroid dienone is 1. The van der Waals surface area contributed by atoms with Crippen LogP contribution < -0.4 is 0 Å². The number of aliphatic hydroxyl groups excluding tert-OH is 1. The Morgan fingerprint density at radius 2 is 2.08 bits per heavy atom. The average molecular weight is 182 g/mol. The van der Waals surface area contributed by atoms with Gasteiger partial charge in [0, 0.05) is 11.5 Å². The Balaban J connectivity index is 2.82. The van der Waals surface area contributed by atoms with Gasteiger partial charge in [0.1, 0.15) is 0 Å². The summed E-state index contributed by atoms with van der Waals surface area (Å²) in [5.41, 5.74) is 0.616. The number of hydrogen-bond donors (Lipinski definition) is 1. The minimum absolute atomic E-state index is 0.120. The maximum atomic E-state index is 11.8. The Hall–Kier alpha value is -0.790. The standard InChI is InChI=1S/C11H18O2/c1-7(2)9-5-4-8(3)10(6-12)11(9)13/h6-9,12H,4-5H2,1-3H3/t8-,9-/m1/s1. The Morgan fingerprint density at radius 1 is 1.46 bits per heavy atom. The zero-order valence-electron chi connectivity index (χ0n) is 8.58. The van der Waals surface area contributed by atoms with Crippen molar-refractivity contribution in [3.8, 4) is 0 Å². The van der Waals surface area contributed by atoms with Gasteiger partial charge in [-0.25, -0.2) is 0 Å². The van der Waals surface area contributed by atoms with Gasteiger partial charge in [-0.3, -0.25) is 4.79 Å². The van der Waals surface area contributed by atoms with Crippen LogP contribution in [0.3, 0.4) is 0 Å². The Labute approximate surface area is 79.6 Å². The van der Waals surface area contributed by atoms with Crippen LogP contribution in [0.15, 0.2) is 11.8 Å². The molecule has 0 aliphatic heterocycles. The highest BCUT2D eigenvalue weighted by Gasteiger charge is 2.32. The van der Waals surface area contributed by atoms with E-state index >= 15 is 0 Å². The highest BCUT2D eigenvalue weighted by molar-refractivity contribution is 5.98. The Morgan fingerprint density at radius 3 is 2.54 bits per heavy atom. The first-order valence-corrected chi connectivity index (χ1v) is 4.96. The van der Waals surface area contributed by atoms with Gasteiger partial charge in [-0.15, -0.1) is 0 Å². The van der Waals surface area contributed by atoms with Gasteiger partial charge in [0.15, 0.2) is 5.78 Å². The van der Waals surface area contributed by atoms with E-state index < -0.39 is 0 Å². The van der Waals surface area contributed by atoms with Crippen LogP contribution in [0.2, 0.25) is 0 Å². The smallest absolute Gasteiger partial charge is 0.165 e. The van der Waals surface area contributed by atoms with E-state index in [4.69, 9.17) is 5.11 Å². The van der Waals surface area contributed by atoms with Crippen molar-refractivity contribution in [2.75, 3.05) is 0 Å². The minimum atomic E-state index is 0.120. The Bertz CT molecular complexity index is 228. The van der Waals surface area contributed by atoms with E-state index in [1.165, 1.54) is 0 Å². The van der Waals surface area contributed by atoms with E-state index in [9.17, 15) is 4.79 Å². The van der Waals surface area contributed by atoms with Crippen molar-refractivity contribution in [2.45, 2.75) is 33.6 Å². The molecule has 13 heavy (non-hydrogen) atoms. The molecule has 1 aliphatic carbocycles. The predicted octanol–water partition coefficient (Wildman–Crippen LogP) is 2.70. The second kappa shape index (κ2) is 3.95. The van der Waals surface area contributed by atoms with Crippen LogP contribution in [-0.4, -0.2) is 10.9 Å². The van der Waals surface area contributed by atoms with E-state index in [0.717, 1.165) is 19.1 Å². The zero-order chi connectivity index (χ0) is 10.0. The van der Waals surface area contributed by atoms with E-state index in [2.05, 4.69) is 13.8 Å². The van der Waals surface area contributed by atoms with E-state index in [1.54, 1.807) is 0 Å². The lowest BCUT2D eigenvalue weighted by Gasteiger charge is -2.29. The topological polar surface area (TPSA) is 37.3 Å². The van der Waals surface area contributed by atoms with Crippen molar-refractivity contribution in [3.05, 3.63) is 11.8 Å². The number of ketones is 1. The van der Waals surface area contributed by atoms with Gasteiger partial charge in [0.25, 0.3) is 0 Å². The lowest BCUT2D eigenvalue weighted by Crippen LogP contribution is -2.30. The number of hydrogen-bond acceptors (Lipinski definition) is 2. The SMILES string of the molecule is CC(C)[C@H]1CC[C@@H](C)C(=CO)C1=O. The molecule has 2 heteroatoms. The first kappa shape index (κ1) is 10.3. The molecular formula is C11H18O2. The summed E-state index contributed by atoms with van der Waals surface area (Å²) in [4.78, 5) is 11.8. The summed E-state index contributed by atoms with van der Waals surface area (Å²) in [5, 5.41) is 8.95. The number of aliphatic hydroxyl groups is 1. The Kier molecular flexibility index (Phi) is 3.12. The number of carbonyl (C=O) groups is 1. The third kappa shape index (κ3) is 1.93. The molecule has 0 bridgehead atoms. The molecule has 0 amide bonds. The third-order valence-corrected chi connectivity index (χ3v) is 3.01. The second-order valence-electron chi connectivity index (χ2n) is 4.28. The molecule has 0 unspecified atom stereocenters. The molecule has 0 radical (unpaired) electrons. The van der Waals surface area contributed by atoms with Crippen molar-refractivity contribution in [1.29, 1.82) is 0 Å². The first-order chi connectivity index (χ1) is 6.07. The van der Waals surface area contributed by atoms with Crippen LogP contribution in [0.25, 0.3) is 0 Å². The van der Waals surface area contributed by atoms with Crippen molar-refractivity contribution in [1.82, 2.24) is 0 Å². The summed E-state index contributed by atoms with van der Waals surface area (Å²) < 4.78 is 0. The lowest BCUT2D eigenvalue weighted by molar-refractivity contribution is -0.122. The molecule has 0 saturated heterocycles. The summed E-state index contributed by atoms with van der Waals surface area (Å²) >= 11 is 0. The molecule has 2 atom stereocenters. The van der Waals surface area contributed by atoms with Crippen LogP contribution in [0.5, 0.6) is 0 Å². The summed E-state index contributed by atoms with van der Waals surface area (Å²) in [6.07, 6.45) is 2.98. The highest BCUT2D eigenvalue weighted by atomic mass is 16.2. The fourth-order valence-electron chi connectivity index (χ4n) is 2.00. The van der Waals surface area contributed by atoms with E-state index in [-0.39, 0.29) is 17.6 Å². The molecule has 1 N–H and O–H groups in total. The summed E-state index contributed by atoms with van der Waals surface area (Å²) in [6.45, 7) is 6.12. The maximum absolute atomic E-state index is 11.8. The molecule has 1 rings (SSSR count). The number of Topliss-reactive ketones (excluding diaryl/α,β-unsaturated/α-hetero) is 1. The number of carbonyl (C=O) groups excluding carboxylic acids is 1. The first-order valence-electron chi connectivity index (χ1n) is 4.96. The second-order valence-corrected chi connectivity index (χ2v) is 4.28. The molecule has 1 saturated carbocycles. The average Bonchev–Trinajstić information content (AvgIpc) is 2.04. The van der Waals surface area contributed by atoms with Gasteiger partial charge in [-0.1, -0.05) is 20.8 Å². The molecule has 0 aromatic carbocycles. The largest absolute Gasteiger partial charge is 0.515 e. The molecule has 0 aromatic rings. The molecule has 1 aliphatic rings. The quantitative estimate of drug-likeness (QED) is 0.500. The maximum Gasteiger partial charge on any atom is 0.165 e. The normalized spacial score (nSPS) is 32.9. The van der Waals surface area contributed by atoms with Crippen molar-refractivity contribution >= 4 is 5.78 Å². The predicted molar refractivity (Wildman–Crippen MR) is 52.4 cm³/mol.